The highest BCUT2D eigenvalue weighted by Crippen LogP contribution is 2.42. The van der Waals surface area contributed by atoms with Crippen LogP contribution in [0.4, 0.5) is 10.2 Å². The third-order valence-corrected chi connectivity index (χ3v) is 6.41. The molecule has 4 rings (SSSR count). The number of likely N-dealkylation sites (tertiary alicyclic amines) is 1. The monoisotopic (exact) mass is 530 g/mol. The summed E-state index contributed by atoms with van der Waals surface area (Å²) < 4.78 is 20.6. The molecule has 0 radical (unpaired) electrons. The molecule has 2 N–H and O–H groups in total. The number of aryl methyl sites for hydroxylation is 2. The Morgan fingerprint density at radius 2 is 1.92 bits per heavy atom. The van der Waals surface area contributed by atoms with Gasteiger partial charge in [-0.25, -0.2) is 14.4 Å². The number of nitrogens with zero attached hydrogens (tertiary/aromatic N) is 3. The highest BCUT2D eigenvalue weighted by atomic mass is 19.1. The van der Waals surface area contributed by atoms with Crippen molar-refractivity contribution >= 4 is 17.7 Å². The third-order valence-electron chi connectivity index (χ3n) is 6.41. The van der Waals surface area contributed by atoms with Gasteiger partial charge in [-0.3, -0.25) is 9.59 Å². The van der Waals surface area contributed by atoms with Gasteiger partial charge in [0.15, 0.2) is 5.67 Å². The number of rotatable bonds is 9. The molecule has 0 aromatic carbocycles. The van der Waals surface area contributed by atoms with Crippen LogP contribution in [0.2, 0.25) is 0 Å². The number of halogens is 1. The second kappa shape index (κ2) is 15.2. The molecule has 38 heavy (non-hydrogen) atoms. The summed E-state index contributed by atoms with van der Waals surface area (Å²) in [4.78, 5) is 34.1. The van der Waals surface area contributed by atoms with Crippen molar-refractivity contribution in [3.8, 4) is 5.88 Å². The van der Waals surface area contributed by atoms with Crippen molar-refractivity contribution in [3.63, 3.8) is 0 Å². The minimum Gasteiger partial charge on any atom is -0.481 e. The zero-order valence-electron chi connectivity index (χ0n) is 23.4. The number of carbonyl (C=O) groups is 2. The van der Waals surface area contributed by atoms with Crippen LogP contribution in [0.25, 0.3) is 0 Å². The maximum atomic E-state index is 15.6. The number of amides is 1. The van der Waals surface area contributed by atoms with E-state index in [1.807, 2.05) is 19.9 Å². The Morgan fingerprint density at radius 1 is 1.21 bits per heavy atom. The van der Waals surface area contributed by atoms with Gasteiger partial charge >= 0.3 is 5.97 Å². The van der Waals surface area contributed by atoms with Crippen molar-refractivity contribution in [3.05, 3.63) is 47.3 Å². The summed E-state index contributed by atoms with van der Waals surface area (Å²) in [7, 11) is 1.47. The molecule has 1 fully saturated rings. The zero-order valence-corrected chi connectivity index (χ0v) is 23.4. The highest BCUT2D eigenvalue weighted by molar-refractivity contribution is 5.77. The van der Waals surface area contributed by atoms with Crippen molar-refractivity contribution in [2.75, 3.05) is 32.1 Å². The number of methoxy groups -OCH3 is 1. The molecule has 4 heterocycles. The fraction of sp³-hybridized carbons (Fsp3) is 0.586. The summed E-state index contributed by atoms with van der Waals surface area (Å²) in [5, 5.41) is 12.6. The summed E-state index contributed by atoms with van der Waals surface area (Å²) in [5.74, 6) is -0.793. The number of alkyl halides is 1. The van der Waals surface area contributed by atoms with Crippen LogP contribution in [0.3, 0.4) is 0 Å². The maximum absolute atomic E-state index is 15.6. The smallest absolute Gasteiger partial charge is 0.304 e. The van der Waals surface area contributed by atoms with Gasteiger partial charge in [-0.1, -0.05) is 46.2 Å². The molecule has 210 valence electrons. The van der Waals surface area contributed by atoms with Crippen LogP contribution in [0.15, 0.2) is 30.5 Å². The molecule has 1 amide bonds. The Hall–Kier alpha value is -3.23. The number of hydrogen-bond acceptors (Lipinski definition) is 6. The summed E-state index contributed by atoms with van der Waals surface area (Å²) >= 11 is 0. The van der Waals surface area contributed by atoms with Gasteiger partial charge in [0.25, 0.3) is 0 Å². The first-order valence-corrected chi connectivity index (χ1v) is 13.7. The van der Waals surface area contributed by atoms with Crippen LogP contribution in [0.1, 0.15) is 82.5 Å². The van der Waals surface area contributed by atoms with Crippen molar-refractivity contribution in [1.82, 2.24) is 14.9 Å². The first-order chi connectivity index (χ1) is 18.3. The van der Waals surface area contributed by atoms with Gasteiger partial charge in [0.1, 0.15) is 5.82 Å². The van der Waals surface area contributed by atoms with Crippen LogP contribution in [0.5, 0.6) is 5.88 Å². The van der Waals surface area contributed by atoms with Gasteiger partial charge < -0.3 is 20.1 Å². The van der Waals surface area contributed by atoms with E-state index in [1.165, 1.54) is 30.2 Å². The number of carboxylic acid groups (broad SMARTS) is 1. The zero-order chi connectivity index (χ0) is 28.1. The Kier molecular flexibility index (Phi) is 12.4. The van der Waals surface area contributed by atoms with Crippen molar-refractivity contribution in [2.45, 2.75) is 84.2 Å². The first-order valence-electron chi connectivity index (χ1n) is 13.7. The Morgan fingerprint density at radius 3 is 2.53 bits per heavy atom. The quantitative estimate of drug-likeness (QED) is 0.446. The normalized spacial score (nSPS) is 15.7. The standard InChI is InChI=1S/C24H29FN4O4.C3H8.C2H6/c1-33-20-10-8-17(13-27-20)19(12-22(31)32)24(25)14-29(15-24)21(30)6-2-5-18-9-7-16-4-3-11-26-23(16)28-18;1-3-2;1-2/h7-10,13,19H,2-6,11-12,14-15H2,1H3,(H,26,28)(H,31,32);3H2,1-2H3;1-2H3. The average molecular weight is 531 g/mol. The molecule has 8 nitrogen and oxygen atoms in total. The lowest BCUT2D eigenvalue weighted by molar-refractivity contribution is -0.150. The SMILES string of the molecule is CC.CCC.COc1ccc(C(CC(=O)O)C2(F)CN(C(=O)CCCc3ccc4c(n3)NCCC4)C2)cn1. The van der Waals surface area contributed by atoms with Crippen LogP contribution in [0, 0.1) is 0 Å². The average Bonchev–Trinajstić information content (AvgIpc) is 2.91. The largest absolute Gasteiger partial charge is 0.481 e. The highest BCUT2D eigenvalue weighted by Gasteiger charge is 2.52. The Labute approximate surface area is 226 Å². The summed E-state index contributed by atoms with van der Waals surface area (Å²) in [6, 6.07) is 7.31. The van der Waals surface area contributed by atoms with Crippen molar-refractivity contribution in [2.24, 2.45) is 0 Å². The number of aliphatic carboxylic acids is 1. The Bertz CT molecular complexity index is 1030. The minimum absolute atomic E-state index is 0.114. The topological polar surface area (TPSA) is 105 Å². The van der Waals surface area contributed by atoms with E-state index < -0.39 is 17.6 Å². The number of aromatic nitrogens is 2. The maximum Gasteiger partial charge on any atom is 0.304 e. The predicted molar refractivity (Wildman–Crippen MR) is 148 cm³/mol. The van der Waals surface area contributed by atoms with Crippen molar-refractivity contribution in [1.29, 1.82) is 0 Å². The summed E-state index contributed by atoms with van der Waals surface area (Å²) in [6.07, 6.45) is 6.06. The van der Waals surface area contributed by atoms with Gasteiger partial charge in [-0.05, 0) is 42.9 Å². The third kappa shape index (κ3) is 8.39. The van der Waals surface area contributed by atoms with Crippen LogP contribution >= 0.6 is 0 Å². The molecule has 0 spiro atoms. The molecule has 0 saturated carbocycles. The van der Waals surface area contributed by atoms with Crippen LogP contribution in [-0.4, -0.2) is 64.3 Å². The summed E-state index contributed by atoms with van der Waals surface area (Å²) in [6.45, 7) is 8.95. The lowest BCUT2D eigenvalue weighted by Gasteiger charge is -2.48. The summed E-state index contributed by atoms with van der Waals surface area (Å²) in [5.41, 5.74) is 0.854. The number of anilines is 1. The molecule has 1 atom stereocenters. The van der Waals surface area contributed by atoms with E-state index in [0.29, 0.717) is 30.7 Å². The van der Waals surface area contributed by atoms with Crippen molar-refractivity contribution < 1.29 is 23.8 Å². The van der Waals surface area contributed by atoms with Gasteiger partial charge in [-0.2, -0.15) is 0 Å². The number of pyridine rings is 2. The van der Waals surface area contributed by atoms with E-state index >= 15 is 4.39 Å². The van der Waals surface area contributed by atoms with E-state index in [-0.39, 0.29) is 25.4 Å². The molecule has 2 aliphatic heterocycles. The van der Waals surface area contributed by atoms with E-state index in [1.54, 1.807) is 12.1 Å². The van der Waals surface area contributed by atoms with E-state index in [0.717, 1.165) is 30.9 Å². The number of hydrogen-bond donors (Lipinski definition) is 2. The lowest BCUT2D eigenvalue weighted by atomic mass is 9.76. The minimum atomic E-state index is -1.80. The molecule has 0 bridgehead atoms. The van der Waals surface area contributed by atoms with Gasteiger partial charge in [0.2, 0.25) is 11.8 Å². The molecule has 2 aromatic rings. The second-order valence-corrected chi connectivity index (χ2v) is 9.47. The molecular formula is C29H43FN4O4. The van der Waals surface area contributed by atoms with Crippen LogP contribution in [-0.2, 0) is 22.4 Å². The van der Waals surface area contributed by atoms with Gasteiger partial charge in [0, 0.05) is 36.8 Å². The molecule has 9 heteroatoms. The molecule has 1 unspecified atom stereocenters. The number of fused-ring (bicyclic) bond motifs is 1. The predicted octanol–water partition coefficient (Wildman–Crippen LogP) is 5.42. The second-order valence-electron chi connectivity index (χ2n) is 9.47. The fourth-order valence-corrected chi connectivity index (χ4v) is 4.56. The molecule has 1 saturated heterocycles. The first kappa shape index (κ1) is 31.0. The fourth-order valence-electron chi connectivity index (χ4n) is 4.56. The van der Waals surface area contributed by atoms with E-state index in [4.69, 9.17) is 4.74 Å². The van der Waals surface area contributed by atoms with Gasteiger partial charge in [0.05, 0.1) is 26.6 Å². The molecule has 2 aliphatic rings. The molecule has 0 aliphatic carbocycles. The molecule has 2 aromatic heterocycles. The van der Waals surface area contributed by atoms with Gasteiger partial charge in [-0.15, -0.1) is 0 Å². The number of ether oxygens (including phenoxy) is 1. The number of carboxylic acids is 1. The molecular weight excluding hydrogens is 487 g/mol. The van der Waals surface area contributed by atoms with Crippen LogP contribution < -0.4 is 10.1 Å². The lowest BCUT2D eigenvalue weighted by Crippen LogP contribution is -2.63. The number of carbonyl (C=O) groups excluding carboxylic acids is 1. The number of nitrogens with one attached hydrogen (secondary N) is 1. The Balaban J connectivity index is 0.000000947. The van der Waals surface area contributed by atoms with E-state index in [9.17, 15) is 14.7 Å². The van der Waals surface area contributed by atoms with E-state index in [2.05, 4.69) is 35.2 Å².